The Balaban J connectivity index is 2.32. The van der Waals surface area contributed by atoms with E-state index in [2.05, 4.69) is 36.2 Å². The highest BCUT2D eigenvalue weighted by atomic mass is 32.1. The Bertz CT molecular complexity index is 505. The molecular weight excluding hydrogens is 246 g/mol. The zero-order valence-corrected chi connectivity index (χ0v) is 11.5. The third kappa shape index (κ3) is 2.71. The predicted molar refractivity (Wildman–Crippen MR) is 74.0 cm³/mol. The minimum Gasteiger partial charge on any atom is -0.473 e. The van der Waals surface area contributed by atoms with Gasteiger partial charge in [0.25, 0.3) is 5.19 Å². The SMILES string of the molecule is CCCc1ccc(-c2nc(OC)sc2CO)cc1. The molecule has 18 heavy (non-hydrogen) atoms. The molecule has 0 aliphatic carbocycles. The second-order valence-corrected chi connectivity index (χ2v) is 5.11. The van der Waals surface area contributed by atoms with Crippen molar-refractivity contribution >= 4 is 11.3 Å². The summed E-state index contributed by atoms with van der Waals surface area (Å²) in [5.74, 6) is 0. The summed E-state index contributed by atoms with van der Waals surface area (Å²) >= 11 is 1.39. The van der Waals surface area contributed by atoms with Gasteiger partial charge < -0.3 is 9.84 Å². The fourth-order valence-corrected chi connectivity index (χ4v) is 2.62. The smallest absolute Gasteiger partial charge is 0.273 e. The zero-order valence-electron chi connectivity index (χ0n) is 10.6. The van der Waals surface area contributed by atoms with E-state index in [-0.39, 0.29) is 6.61 Å². The van der Waals surface area contributed by atoms with Gasteiger partial charge in [0.05, 0.1) is 24.3 Å². The number of aryl methyl sites for hydroxylation is 1. The van der Waals surface area contributed by atoms with E-state index in [4.69, 9.17) is 4.74 Å². The molecule has 0 bridgehead atoms. The van der Waals surface area contributed by atoms with Gasteiger partial charge in [-0.1, -0.05) is 48.9 Å². The van der Waals surface area contributed by atoms with Gasteiger partial charge in [0.2, 0.25) is 0 Å². The van der Waals surface area contributed by atoms with Gasteiger partial charge in [0.15, 0.2) is 0 Å². The number of aliphatic hydroxyl groups excluding tert-OH is 1. The standard InChI is InChI=1S/C14H17NO2S/c1-3-4-10-5-7-11(8-6-10)13-12(9-16)18-14(15-13)17-2/h5-8,16H,3-4,9H2,1-2H3. The molecule has 1 heterocycles. The Hall–Kier alpha value is -1.39. The van der Waals surface area contributed by atoms with Gasteiger partial charge in [-0.05, 0) is 12.0 Å². The summed E-state index contributed by atoms with van der Waals surface area (Å²) < 4.78 is 5.12. The third-order valence-corrected chi connectivity index (χ3v) is 3.76. The molecule has 2 rings (SSSR count). The van der Waals surface area contributed by atoms with Crippen LogP contribution >= 0.6 is 11.3 Å². The number of methoxy groups -OCH3 is 1. The number of hydrogen-bond acceptors (Lipinski definition) is 4. The quantitative estimate of drug-likeness (QED) is 0.900. The molecule has 0 atom stereocenters. The summed E-state index contributed by atoms with van der Waals surface area (Å²) in [6.45, 7) is 2.16. The van der Waals surface area contributed by atoms with Crippen LogP contribution in [0, 0.1) is 0 Å². The van der Waals surface area contributed by atoms with Gasteiger partial charge in [-0.15, -0.1) is 0 Å². The van der Waals surface area contributed by atoms with E-state index < -0.39 is 0 Å². The number of ether oxygens (including phenoxy) is 1. The van der Waals surface area contributed by atoms with Crippen molar-refractivity contribution < 1.29 is 9.84 Å². The molecule has 4 heteroatoms. The van der Waals surface area contributed by atoms with E-state index >= 15 is 0 Å². The molecule has 0 amide bonds. The van der Waals surface area contributed by atoms with E-state index in [1.165, 1.54) is 16.9 Å². The van der Waals surface area contributed by atoms with Crippen LogP contribution in [-0.2, 0) is 13.0 Å². The number of aromatic nitrogens is 1. The average molecular weight is 263 g/mol. The summed E-state index contributed by atoms with van der Waals surface area (Å²) in [4.78, 5) is 5.22. The average Bonchev–Trinajstić information content (AvgIpc) is 2.83. The summed E-state index contributed by atoms with van der Waals surface area (Å²) in [6.07, 6.45) is 2.24. The van der Waals surface area contributed by atoms with Crippen molar-refractivity contribution in [2.24, 2.45) is 0 Å². The van der Waals surface area contributed by atoms with Crippen molar-refractivity contribution in [1.82, 2.24) is 4.98 Å². The molecule has 1 N–H and O–H groups in total. The topological polar surface area (TPSA) is 42.4 Å². The first-order valence-corrected chi connectivity index (χ1v) is 6.84. The van der Waals surface area contributed by atoms with E-state index in [0.29, 0.717) is 5.19 Å². The van der Waals surface area contributed by atoms with Gasteiger partial charge in [-0.25, -0.2) is 4.98 Å². The van der Waals surface area contributed by atoms with E-state index in [1.54, 1.807) is 7.11 Å². The molecule has 0 radical (unpaired) electrons. The van der Waals surface area contributed by atoms with Crippen LogP contribution in [-0.4, -0.2) is 17.2 Å². The van der Waals surface area contributed by atoms with E-state index in [0.717, 1.165) is 29.0 Å². The molecule has 2 aromatic rings. The van der Waals surface area contributed by atoms with Crippen molar-refractivity contribution in [2.45, 2.75) is 26.4 Å². The summed E-state index contributed by atoms with van der Waals surface area (Å²) in [5.41, 5.74) is 3.18. The van der Waals surface area contributed by atoms with Crippen molar-refractivity contribution in [3.05, 3.63) is 34.7 Å². The molecule has 3 nitrogen and oxygen atoms in total. The largest absolute Gasteiger partial charge is 0.473 e. The normalized spacial score (nSPS) is 10.6. The highest BCUT2D eigenvalue weighted by Gasteiger charge is 2.12. The maximum Gasteiger partial charge on any atom is 0.273 e. The lowest BCUT2D eigenvalue weighted by Gasteiger charge is -2.02. The Morgan fingerprint density at radius 3 is 2.56 bits per heavy atom. The fraction of sp³-hybridized carbons (Fsp3) is 0.357. The van der Waals surface area contributed by atoms with Crippen molar-refractivity contribution in [2.75, 3.05) is 7.11 Å². The fourth-order valence-electron chi connectivity index (χ4n) is 1.87. The zero-order chi connectivity index (χ0) is 13.0. The number of thiazole rings is 1. The molecule has 0 saturated heterocycles. The highest BCUT2D eigenvalue weighted by Crippen LogP contribution is 2.32. The van der Waals surface area contributed by atoms with Crippen molar-refractivity contribution in [3.8, 4) is 16.5 Å². The second kappa shape index (κ2) is 5.98. The first kappa shape index (κ1) is 13.1. The van der Waals surface area contributed by atoms with Gasteiger partial charge in [-0.2, -0.15) is 0 Å². The molecule has 0 spiro atoms. The molecule has 1 aromatic carbocycles. The first-order valence-electron chi connectivity index (χ1n) is 6.02. The molecule has 0 aliphatic heterocycles. The van der Waals surface area contributed by atoms with Crippen LogP contribution in [0.25, 0.3) is 11.3 Å². The lowest BCUT2D eigenvalue weighted by molar-refractivity contribution is 0.286. The molecule has 0 unspecified atom stereocenters. The summed E-state index contributed by atoms with van der Waals surface area (Å²) in [6, 6.07) is 8.34. The van der Waals surface area contributed by atoms with Crippen LogP contribution in [0.1, 0.15) is 23.8 Å². The van der Waals surface area contributed by atoms with E-state index in [1.807, 2.05) is 0 Å². The van der Waals surface area contributed by atoms with Crippen LogP contribution in [0.2, 0.25) is 0 Å². The Morgan fingerprint density at radius 1 is 1.28 bits per heavy atom. The molecule has 1 aromatic heterocycles. The lowest BCUT2D eigenvalue weighted by atomic mass is 10.1. The molecular formula is C14H17NO2S. The minimum absolute atomic E-state index is 0.00687. The van der Waals surface area contributed by atoms with Crippen LogP contribution in [0.4, 0.5) is 0 Å². The van der Waals surface area contributed by atoms with Gasteiger partial charge in [0, 0.05) is 5.56 Å². The highest BCUT2D eigenvalue weighted by molar-refractivity contribution is 7.13. The van der Waals surface area contributed by atoms with Crippen LogP contribution in [0.5, 0.6) is 5.19 Å². The predicted octanol–water partition coefficient (Wildman–Crippen LogP) is 3.26. The monoisotopic (exact) mass is 263 g/mol. The van der Waals surface area contributed by atoms with Crippen molar-refractivity contribution in [1.29, 1.82) is 0 Å². The minimum atomic E-state index is -0.00687. The Morgan fingerprint density at radius 2 is 2.00 bits per heavy atom. The number of benzene rings is 1. The second-order valence-electron chi connectivity index (χ2n) is 4.06. The number of hydrogen-bond donors (Lipinski definition) is 1. The van der Waals surface area contributed by atoms with Gasteiger partial charge in [-0.3, -0.25) is 0 Å². The van der Waals surface area contributed by atoms with Crippen LogP contribution < -0.4 is 4.74 Å². The number of rotatable bonds is 5. The maximum absolute atomic E-state index is 9.34. The molecule has 0 saturated carbocycles. The summed E-state index contributed by atoms with van der Waals surface area (Å²) in [5, 5.41) is 9.93. The van der Waals surface area contributed by atoms with Crippen LogP contribution in [0.3, 0.4) is 0 Å². The Kier molecular flexibility index (Phi) is 4.33. The van der Waals surface area contributed by atoms with Crippen molar-refractivity contribution in [3.63, 3.8) is 0 Å². The maximum atomic E-state index is 9.34. The van der Waals surface area contributed by atoms with Crippen LogP contribution in [0.15, 0.2) is 24.3 Å². The van der Waals surface area contributed by atoms with E-state index in [9.17, 15) is 5.11 Å². The summed E-state index contributed by atoms with van der Waals surface area (Å²) in [7, 11) is 1.59. The Labute approximate surface area is 111 Å². The number of nitrogens with zero attached hydrogens (tertiary/aromatic N) is 1. The third-order valence-electron chi connectivity index (χ3n) is 2.76. The van der Waals surface area contributed by atoms with Gasteiger partial charge >= 0.3 is 0 Å². The van der Waals surface area contributed by atoms with Gasteiger partial charge in [0.1, 0.15) is 0 Å². The first-order chi connectivity index (χ1) is 8.78. The molecule has 96 valence electrons. The molecule has 0 fully saturated rings. The number of aliphatic hydroxyl groups is 1. The lowest BCUT2D eigenvalue weighted by Crippen LogP contribution is -1.87. The molecule has 0 aliphatic rings.